The summed E-state index contributed by atoms with van der Waals surface area (Å²) in [5.41, 5.74) is -1.19. The lowest BCUT2D eigenvalue weighted by Crippen LogP contribution is -2.47. The van der Waals surface area contributed by atoms with Crippen molar-refractivity contribution in [3.05, 3.63) is 35.9 Å². The third-order valence-electron chi connectivity index (χ3n) is 4.11. The predicted molar refractivity (Wildman–Crippen MR) is 75.8 cm³/mol. The maximum Gasteiger partial charge on any atom is 0.509 e. The minimum Gasteiger partial charge on any atom is -0.478 e. The summed E-state index contributed by atoms with van der Waals surface area (Å²) in [6.45, 7) is 0. The monoisotopic (exact) mass is 292 g/mol. The molecule has 0 aliphatic heterocycles. The molecule has 0 spiro atoms. The molecule has 1 aliphatic rings. The second-order valence-corrected chi connectivity index (χ2v) is 5.30. The standard InChI is InChI=1S/C16H20O5/c1-20-15(19)21-16(14(17)18,12-8-4-2-5-9-12)13-10-6-3-7-11-13/h2,4-5,8-9,13H,3,6-7,10-11H2,1H3,(H,17,18). The average Bonchev–Trinajstić information content (AvgIpc) is 2.53. The van der Waals surface area contributed by atoms with Crippen molar-refractivity contribution in [2.45, 2.75) is 37.7 Å². The Kier molecular flexibility index (Phi) is 4.83. The summed E-state index contributed by atoms with van der Waals surface area (Å²) in [6.07, 6.45) is 3.44. The lowest BCUT2D eigenvalue weighted by Gasteiger charge is -2.38. The van der Waals surface area contributed by atoms with Crippen molar-refractivity contribution in [2.75, 3.05) is 7.11 Å². The van der Waals surface area contributed by atoms with Crippen molar-refractivity contribution >= 4 is 12.1 Å². The average molecular weight is 292 g/mol. The number of benzene rings is 1. The summed E-state index contributed by atoms with van der Waals surface area (Å²) in [4.78, 5) is 23.7. The smallest absolute Gasteiger partial charge is 0.478 e. The molecule has 1 fully saturated rings. The molecule has 2 rings (SSSR count). The number of carbonyl (C=O) groups is 2. The fourth-order valence-electron chi connectivity index (χ4n) is 3.09. The van der Waals surface area contributed by atoms with Gasteiger partial charge in [-0.3, -0.25) is 0 Å². The van der Waals surface area contributed by atoms with E-state index in [1.807, 2.05) is 0 Å². The number of hydrogen-bond donors (Lipinski definition) is 1. The molecule has 1 aromatic carbocycles. The van der Waals surface area contributed by atoms with Crippen LogP contribution < -0.4 is 0 Å². The molecule has 0 bridgehead atoms. The maximum atomic E-state index is 12.0. The van der Waals surface area contributed by atoms with Crippen LogP contribution in [0.25, 0.3) is 0 Å². The van der Waals surface area contributed by atoms with Gasteiger partial charge in [-0.2, -0.15) is 0 Å². The molecular formula is C16H20O5. The quantitative estimate of drug-likeness (QED) is 0.862. The summed E-state index contributed by atoms with van der Waals surface area (Å²) < 4.78 is 9.86. The number of carboxylic acid groups (broad SMARTS) is 1. The van der Waals surface area contributed by atoms with Gasteiger partial charge in [0, 0.05) is 11.5 Å². The van der Waals surface area contributed by atoms with E-state index in [0.29, 0.717) is 5.56 Å². The molecule has 1 saturated carbocycles. The molecule has 1 aliphatic carbocycles. The van der Waals surface area contributed by atoms with Gasteiger partial charge in [-0.25, -0.2) is 9.59 Å². The van der Waals surface area contributed by atoms with Crippen LogP contribution in [0, 0.1) is 5.92 Å². The Morgan fingerprint density at radius 1 is 1.14 bits per heavy atom. The fraction of sp³-hybridized carbons (Fsp3) is 0.500. The van der Waals surface area contributed by atoms with Crippen molar-refractivity contribution in [1.29, 1.82) is 0 Å². The van der Waals surface area contributed by atoms with Crippen LogP contribution in [0.4, 0.5) is 4.79 Å². The van der Waals surface area contributed by atoms with E-state index in [2.05, 4.69) is 4.74 Å². The van der Waals surface area contributed by atoms with E-state index in [-0.39, 0.29) is 5.92 Å². The van der Waals surface area contributed by atoms with Crippen LogP contribution in [0.1, 0.15) is 37.7 Å². The number of carboxylic acids is 1. The Morgan fingerprint density at radius 2 is 1.76 bits per heavy atom. The van der Waals surface area contributed by atoms with Gasteiger partial charge >= 0.3 is 12.1 Å². The van der Waals surface area contributed by atoms with Crippen LogP contribution >= 0.6 is 0 Å². The third-order valence-corrected chi connectivity index (χ3v) is 4.11. The van der Waals surface area contributed by atoms with Crippen LogP contribution in [0.15, 0.2) is 30.3 Å². The van der Waals surface area contributed by atoms with E-state index in [0.717, 1.165) is 32.1 Å². The zero-order chi connectivity index (χ0) is 15.3. The molecule has 0 heterocycles. The number of rotatable bonds is 4. The molecule has 0 amide bonds. The van der Waals surface area contributed by atoms with E-state index in [1.165, 1.54) is 7.11 Å². The minimum absolute atomic E-state index is 0.245. The molecule has 5 nitrogen and oxygen atoms in total. The van der Waals surface area contributed by atoms with Crippen molar-refractivity contribution in [3.63, 3.8) is 0 Å². The van der Waals surface area contributed by atoms with E-state index >= 15 is 0 Å². The Bertz CT molecular complexity index is 493. The Hall–Kier alpha value is -2.04. The SMILES string of the molecule is COC(=O)OC(C(=O)O)(c1ccccc1)C1CCCCC1. The van der Waals surface area contributed by atoms with E-state index < -0.39 is 17.7 Å². The highest BCUT2D eigenvalue weighted by Crippen LogP contribution is 2.42. The molecular weight excluding hydrogens is 272 g/mol. The molecule has 5 heteroatoms. The minimum atomic E-state index is -1.67. The Labute approximate surface area is 123 Å². The van der Waals surface area contributed by atoms with Crippen LogP contribution in [0.5, 0.6) is 0 Å². The summed E-state index contributed by atoms with van der Waals surface area (Å²) in [6, 6.07) is 8.67. The van der Waals surface area contributed by atoms with Crippen LogP contribution in [-0.2, 0) is 19.9 Å². The van der Waals surface area contributed by atoms with Crippen molar-refractivity contribution < 1.29 is 24.2 Å². The third kappa shape index (κ3) is 3.01. The summed E-state index contributed by atoms with van der Waals surface area (Å²) in [5.74, 6) is -1.39. The Morgan fingerprint density at radius 3 is 2.29 bits per heavy atom. The highest BCUT2D eigenvalue weighted by molar-refractivity contribution is 5.82. The molecule has 0 saturated heterocycles. The van der Waals surface area contributed by atoms with Gasteiger partial charge in [0.15, 0.2) is 0 Å². The highest BCUT2D eigenvalue weighted by atomic mass is 16.7. The van der Waals surface area contributed by atoms with Gasteiger partial charge in [-0.15, -0.1) is 0 Å². The van der Waals surface area contributed by atoms with Crippen molar-refractivity contribution in [1.82, 2.24) is 0 Å². The topological polar surface area (TPSA) is 72.8 Å². The second kappa shape index (κ2) is 6.61. The van der Waals surface area contributed by atoms with Gasteiger partial charge in [0.2, 0.25) is 5.60 Å². The second-order valence-electron chi connectivity index (χ2n) is 5.30. The molecule has 114 valence electrons. The molecule has 1 N–H and O–H groups in total. The maximum absolute atomic E-state index is 12.0. The molecule has 0 radical (unpaired) electrons. The first-order valence-corrected chi connectivity index (χ1v) is 7.17. The molecule has 21 heavy (non-hydrogen) atoms. The zero-order valence-corrected chi connectivity index (χ0v) is 12.1. The predicted octanol–water partition coefficient (Wildman–Crippen LogP) is 3.33. The first kappa shape index (κ1) is 15.4. The van der Waals surface area contributed by atoms with Crippen molar-refractivity contribution in [3.8, 4) is 0 Å². The van der Waals surface area contributed by atoms with Gasteiger partial charge in [-0.05, 0) is 12.8 Å². The number of ether oxygens (including phenoxy) is 2. The van der Waals surface area contributed by atoms with Gasteiger partial charge in [0.1, 0.15) is 0 Å². The molecule has 1 atom stereocenters. The summed E-state index contributed by atoms with van der Waals surface area (Å²) in [7, 11) is 1.18. The van der Waals surface area contributed by atoms with Crippen LogP contribution in [0.3, 0.4) is 0 Å². The molecule has 0 aromatic heterocycles. The summed E-state index contributed by atoms with van der Waals surface area (Å²) >= 11 is 0. The number of aliphatic carboxylic acids is 1. The van der Waals surface area contributed by atoms with Crippen LogP contribution in [0.2, 0.25) is 0 Å². The molecule has 1 unspecified atom stereocenters. The highest BCUT2D eigenvalue weighted by Gasteiger charge is 2.51. The van der Waals surface area contributed by atoms with Gasteiger partial charge < -0.3 is 14.6 Å². The van der Waals surface area contributed by atoms with Crippen molar-refractivity contribution in [2.24, 2.45) is 5.92 Å². The van der Waals surface area contributed by atoms with E-state index in [1.54, 1.807) is 30.3 Å². The van der Waals surface area contributed by atoms with Crippen LogP contribution in [-0.4, -0.2) is 24.3 Å². The number of hydrogen-bond acceptors (Lipinski definition) is 4. The van der Waals surface area contributed by atoms with Gasteiger partial charge in [-0.1, -0.05) is 49.6 Å². The first-order chi connectivity index (χ1) is 10.1. The Balaban J connectivity index is 2.48. The normalized spacial score (nSPS) is 18.5. The van der Waals surface area contributed by atoms with E-state index in [4.69, 9.17) is 4.74 Å². The van der Waals surface area contributed by atoms with E-state index in [9.17, 15) is 14.7 Å². The fourth-order valence-corrected chi connectivity index (χ4v) is 3.09. The first-order valence-electron chi connectivity index (χ1n) is 7.17. The summed E-state index contributed by atoms with van der Waals surface area (Å²) in [5, 5.41) is 9.84. The zero-order valence-electron chi connectivity index (χ0n) is 12.1. The van der Waals surface area contributed by atoms with Gasteiger partial charge in [0.05, 0.1) is 7.11 Å². The lowest BCUT2D eigenvalue weighted by molar-refractivity contribution is -0.172. The van der Waals surface area contributed by atoms with Gasteiger partial charge in [0.25, 0.3) is 0 Å². The molecule has 1 aromatic rings. The number of methoxy groups -OCH3 is 1. The number of carbonyl (C=O) groups excluding carboxylic acids is 1. The lowest BCUT2D eigenvalue weighted by atomic mass is 9.73. The largest absolute Gasteiger partial charge is 0.509 e.